The van der Waals surface area contributed by atoms with Crippen LogP contribution in [0.4, 0.5) is 26.3 Å². The number of aryl methyl sites for hydroxylation is 2. The molecule has 0 amide bonds. The Morgan fingerprint density at radius 3 is 1.32 bits per heavy atom. The molecule has 3 rings (SSSR count). The third kappa shape index (κ3) is 16.2. The van der Waals surface area contributed by atoms with Gasteiger partial charge in [-0.3, -0.25) is 0 Å². The molecule has 3 heterocycles. The van der Waals surface area contributed by atoms with Gasteiger partial charge in [-0.1, -0.05) is 20.6 Å². The van der Waals surface area contributed by atoms with Gasteiger partial charge in [0.1, 0.15) is 14.1 Å². The first-order valence-electron chi connectivity index (χ1n) is 10.4. The monoisotopic (exact) mass is 617 g/mol. The van der Waals surface area contributed by atoms with E-state index in [2.05, 4.69) is 97.1 Å². The van der Waals surface area contributed by atoms with E-state index in [4.69, 9.17) is 25.6 Å². The minimum absolute atomic E-state index is 1.18. The smallest absolute Gasteiger partial charge is 0.623 e. The summed E-state index contributed by atoms with van der Waals surface area (Å²) in [6, 6.07) is 12.7. The van der Waals surface area contributed by atoms with Gasteiger partial charge in [-0.05, 0) is 35.4 Å². The van der Waals surface area contributed by atoms with Crippen molar-refractivity contribution >= 4 is 45.0 Å². The first kappa shape index (κ1) is 36.2. The molecule has 0 aliphatic rings. The summed E-state index contributed by atoms with van der Waals surface area (Å²) in [5.74, 6) is 0. The van der Waals surface area contributed by atoms with Crippen LogP contribution in [0.25, 0.3) is 24.3 Å². The zero-order chi connectivity index (χ0) is 31.1. The Morgan fingerprint density at radius 1 is 0.850 bits per heavy atom. The lowest BCUT2D eigenvalue weighted by Crippen LogP contribution is -2.25. The van der Waals surface area contributed by atoms with E-state index in [1.165, 1.54) is 22.5 Å². The number of hydrogen-bond acceptors (Lipinski definition) is 4. The van der Waals surface area contributed by atoms with Crippen LogP contribution in [0.1, 0.15) is 22.5 Å². The molecule has 0 fully saturated rings. The first-order chi connectivity index (χ1) is 18.3. The van der Waals surface area contributed by atoms with Crippen molar-refractivity contribution in [3.05, 3.63) is 90.4 Å². The number of rotatable bonds is 4. The average Bonchev–Trinajstić information content (AvgIpc) is 3.16. The van der Waals surface area contributed by atoms with Crippen LogP contribution < -0.4 is 9.13 Å². The van der Waals surface area contributed by atoms with Crippen molar-refractivity contribution < 1.29 is 61.1 Å². The molecule has 0 bridgehead atoms. The lowest BCUT2D eigenvalue weighted by atomic mass is 10.2. The van der Waals surface area contributed by atoms with Crippen LogP contribution in [0.15, 0.2) is 61.2 Å². The molecular weight excluding hydrogens is 592 g/mol. The van der Waals surface area contributed by atoms with Crippen LogP contribution in [-0.2, 0) is 41.9 Å². The van der Waals surface area contributed by atoms with Gasteiger partial charge in [0.25, 0.3) is 0 Å². The molecule has 40 heavy (non-hydrogen) atoms. The maximum atomic E-state index is 10.7. The summed E-state index contributed by atoms with van der Waals surface area (Å²) >= 11 is 0. The van der Waals surface area contributed by atoms with Crippen LogP contribution in [-0.4, -0.2) is 35.7 Å². The number of pyridine rings is 2. The molecule has 0 saturated carbocycles. The fourth-order valence-electron chi connectivity index (χ4n) is 2.49. The van der Waals surface area contributed by atoms with E-state index in [-0.39, 0.29) is 0 Å². The number of alkyl halides is 3. The molecule has 1 unspecified atom stereocenters. The molecule has 17 heteroatoms. The highest BCUT2D eigenvalue weighted by molar-refractivity contribution is 7.86. The molecule has 2 N–H and O–H groups in total. The summed E-state index contributed by atoms with van der Waals surface area (Å²) in [7, 11) is -2.56. The summed E-state index contributed by atoms with van der Waals surface area (Å²) in [5, 5.41) is 0. The second-order valence-electron chi connectivity index (χ2n) is 7.35. The van der Waals surface area contributed by atoms with E-state index in [1.54, 1.807) is 0 Å². The van der Waals surface area contributed by atoms with Crippen molar-refractivity contribution in [2.75, 3.05) is 0 Å². The van der Waals surface area contributed by atoms with Crippen LogP contribution in [0.3, 0.4) is 0 Å². The molecule has 3 aromatic rings. The molecule has 0 spiro atoms. The van der Waals surface area contributed by atoms with Gasteiger partial charge in [-0.15, -0.1) is 0 Å². The fraction of sp³-hybridized carbons (Fsp3) is 0.174. The number of nitrogens with zero attached hydrogens (tertiary/aromatic N) is 3. The summed E-state index contributed by atoms with van der Waals surface area (Å²) in [6.07, 6.45) is 16.8. The van der Waals surface area contributed by atoms with Crippen molar-refractivity contribution in [1.29, 1.82) is 0 Å². The third-order valence-electron chi connectivity index (χ3n) is 4.39. The third-order valence-corrected chi connectivity index (χ3v) is 4.98. The second-order valence-corrected chi connectivity index (χ2v) is 9.20. The minimum Gasteiger partial charge on any atom is -0.699 e. The second kappa shape index (κ2) is 17.0. The quantitative estimate of drug-likeness (QED) is 0.110. The number of halogens is 6. The number of hydrogen-bond donors (Lipinski definition) is 0. The molecule has 0 radical (unpaired) electrons. The summed E-state index contributed by atoms with van der Waals surface area (Å²) in [6.45, 7) is -3.08. The van der Waals surface area contributed by atoms with Crippen molar-refractivity contribution in [3.63, 3.8) is 0 Å². The largest absolute Gasteiger partial charge is 0.699 e. The van der Waals surface area contributed by atoms with Crippen molar-refractivity contribution in [1.82, 2.24) is 4.57 Å². The Morgan fingerprint density at radius 2 is 1.10 bits per heavy atom. The zero-order valence-corrected chi connectivity index (χ0v) is 22.7. The highest BCUT2D eigenvalue weighted by atomic mass is 32.2. The zero-order valence-electron chi connectivity index (χ0n) is 21.0. The van der Waals surface area contributed by atoms with Gasteiger partial charge in [0.2, 0.25) is 0 Å². The van der Waals surface area contributed by atoms with E-state index in [0.29, 0.717) is 0 Å². The molecule has 0 aliphatic heterocycles. The average molecular weight is 618 g/mol. The van der Waals surface area contributed by atoms with Crippen LogP contribution in [0.5, 0.6) is 0 Å². The van der Waals surface area contributed by atoms with Crippen LogP contribution in [0.2, 0.25) is 0 Å². The van der Waals surface area contributed by atoms with Gasteiger partial charge >= 0.3 is 26.2 Å². The molecule has 3 aromatic heterocycles. The Kier molecular flexibility index (Phi) is 15.4. The lowest BCUT2D eigenvalue weighted by Gasteiger charge is -2.02. The molecule has 9 nitrogen and oxygen atoms in total. The first-order valence-corrected chi connectivity index (χ1v) is 12.9. The van der Waals surface area contributed by atoms with Crippen molar-refractivity contribution in [2.24, 2.45) is 21.1 Å². The van der Waals surface area contributed by atoms with E-state index in [1.807, 2.05) is 23.2 Å². The van der Waals surface area contributed by atoms with Gasteiger partial charge in [0.15, 0.2) is 31.5 Å². The highest BCUT2D eigenvalue weighted by Crippen LogP contribution is 2.20. The van der Waals surface area contributed by atoms with Gasteiger partial charge < -0.3 is 22.3 Å². The van der Waals surface area contributed by atoms with Gasteiger partial charge in [0.05, 0.1) is 0 Å². The Labute approximate surface area is 227 Å². The Balaban J connectivity index is 0.000000784. The van der Waals surface area contributed by atoms with Gasteiger partial charge in [-0.2, -0.15) is 21.6 Å². The van der Waals surface area contributed by atoms with Crippen molar-refractivity contribution in [2.45, 2.75) is 5.51 Å². The molecule has 1 atom stereocenters. The van der Waals surface area contributed by atoms with E-state index in [0.717, 1.165) is 0 Å². The summed E-state index contributed by atoms with van der Waals surface area (Å²) in [4.78, 5) is 0. The maximum Gasteiger partial charge on any atom is 0.623 e. The van der Waals surface area contributed by atoms with Gasteiger partial charge in [-0.25, -0.2) is 13.3 Å². The predicted octanol–water partition coefficient (Wildman–Crippen LogP) is 3.72. The SMILES string of the molecule is Cn1c(/C=C/c2cc[n+](C)cc2)ccc1/C=C/c1cc[n+](C)cc1.F[C-](F)F.O=S(=O)=[OH+].O=S([O-])(=[OH+])C(F)(F)F. The predicted molar refractivity (Wildman–Crippen MR) is 133 cm³/mol. The Bertz CT molecular complexity index is 1390. The molecule has 0 aliphatic carbocycles. The fourth-order valence-corrected chi connectivity index (χ4v) is 2.49. The topological polar surface area (TPSA) is 130 Å². The van der Waals surface area contributed by atoms with E-state index >= 15 is 0 Å². The lowest BCUT2D eigenvalue weighted by molar-refractivity contribution is -0.671. The highest BCUT2D eigenvalue weighted by Gasteiger charge is 2.42. The summed E-state index contributed by atoms with van der Waals surface area (Å²) in [5.41, 5.74) is -0.774. The standard InChI is InChI=1S/C21H23N3.CHF3O3S.CF3.O3S/c1-22-14-10-18(11-15-22)4-6-20-8-9-21(24(20)3)7-5-19-12-16-23(2)17-13-19;2-1(3,4)8(5,6)7;2-1(3)4;1-4(2)3/h4-17H,1-3H3;(H,5,6,7);;/q+2;;-1;/p+1. The molecular formula is C23H25F6N3O6S2+2. The Hall–Kier alpha value is -3.83. The number of aromatic nitrogens is 3. The normalized spacial score (nSPS) is 12.5. The van der Waals surface area contributed by atoms with Gasteiger partial charge in [0, 0.05) is 42.7 Å². The molecule has 0 saturated heterocycles. The molecule has 0 aromatic carbocycles. The van der Waals surface area contributed by atoms with Crippen LogP contribution >= 0.6 is 0 Å². The van der Waals surface area contributed by atoms with Crippen molar-refractivity contribution in [3.8, 4) is 0 Å². The van der Waals surface area contributed by atoms with E-state index < -0.39 is 32.9 Å². The maximum absolute atomic E-state index is 10.7. The minimum atomic E-state index is -5.84. The van der Waals surface area contributed by atoms with Crippen LogP contribution in [0, 0.1) is 6.68 Å². The molecule has 220 valence electrons. The summed E-state index contributed by atoms with van der Waals surface area (Å²) < 4.78 is 117. The van der Waals surface area contributed by atoms with E-state index in [9.17, 15) is 26.3 Å².